The van der Waals surface area contributed by atoms with Gasteiger partial charge in [-0.25, -0.2) is 0 Å². The van der Waals surface area contributed by atoms with E-state index in [1.165, 1.54) is 25.7 Å². The Labute approximate surface area is 106 Å². The number of carbonyl (C=O) groups is 1. The fraction of sp³-hybridized carbons (Fsp3) is 0.929. The van der Waals surface area contributed by atoms with Crippen molar-refractivity contribution in [1.29, 1.82) is 0 Å². The van der Waals surface area contributed by atoms with Crippen molar-refractivity contribution in [2.75, 3.05) is 6.54 Å². The molecule has 17 heavy (non-hydrogen) atoms. The Morgan fingerprint density at radius 1 is 1.41 bits per heavy atom. The topological polar surface area (TPSA) is 55.1 Å². The summed E-state index contributed by atoms with van der Waals surface area (Å²) in [6.45, 7) is 7.30. The Hall–Kier alpha value is -0.570. The highest BCUT2D eigenvalue weighted by Crippen LogP contribution is 2.27. The second-order valence-corrected chi connectivity index (χ2v) is 6.12. The van der Waals surface area contributed by atoms with E-state index in [4.69, 9.17) is 5.73 Å². The van der Waals surface area contributed by atoms with E-state index in [1.807, 2.05) is 0 Å². The second kappa shape index (κ2) is 7.00. The van der Waals surface area contributed by atoms with Gasteiger partial charge in [0.2, 0.25) is 5.91 Å². The number of rotatable bonds is 5. The van der Waals surface area contributed by atoms with Crippen LogP contribution in [0.2, 0.25) is 0 Å². The van der Waals surface area contributed by atoms with Crippen LogP contribution in [0.3, 0.4) is 0 Å². The van der Waals surface area contributed by atoms with Crippen LogP contribution in [0.25, 0.3) is 0 Å². The first-order valence-electron chi connectivity index (χ1n) is 7.02. The SMILES string of the molecule is CC(C)C[C@H](N)C(=O)NCC1CCCC(C)C1. The first-order chi connectivity index (χ1) is 7.99. The van der Waals surface area contributed by atoms with Crippen LogP contribution < -0.4 is 11.1 Å². The van der Waals surface area contributed by atoms with E-state index in [0.29, 0.717) is 11.8 Å². The first-order valence-corrected chi connectivity index (χ1v) is 7.02. The van der Waals surface area contributed by atoms with Gasteiger partial charge in [-0.3, -0.25) is 4.79 Å². The summed E-state index contributed by atoms with van der Waals surface area (Å²) in [6, 6.07) is -0.337. The molecule has 2 unspecified atom stereocenters. The Balaban J connectivity index is 2.22. The summed E-state index contributed by atoms with van der Waals surface area (Å²) < 4.78 is 0. The van der Waals surface area contributed by atoms with Gasteiger partial charge in [0.1, 0.15) is 0 Å². The quantitative estimate of drug-likeness (QED) is 0.774. The van der Waals surface area contributed by atoms with Gasteiger partial charge in [-0.1, -0.05) is 33.6 Å². The minimum absolute atomic E-state index is 0.0249. The Kier molecular flexibility index (Phi) is 5.96. The molecule has 100 valence electrons. The van der Waals surface area contributed by atoms with E-state index >= 15 is 0 Å². The monoisotopic (exact) mass is 240 g/mol. The molecule has 0 aromatic carbocycles. The molecule has 3 nitrogen and oxygen atoms in total. The average Bonchev–Trinajstić information content (AvgIpc) is 2.25. The average molecular weight is 240 g/mol. The molecule has 1 amide bonds. The fourth-order valence-corrected chi connectivity index (χ4v) is 2.74. The van der Waals surface area contributed by atoms with Crippen LogP contribution in [0.5, 0.6) is 0 Å². The molecule has 3 N–H and O–H groups in total. The minimum Gasteiger partial charge on any atom is -0.354 e. The molecule has 1 rings (SSSR count). The molecule has 3 heteroatoms. The summed E-state index contributed by atoms with van der Waals surface area (Å²) in [4.78, 5) is 11.8. The van der Waals surface area contributed by atoms with Gasteiger partial charge in [0.05, 0.1) is 6.04 Å². The van der Waals surface area contributed by atoms with Crippen molar-refractivity contribution in [3.63, 3.8) is 0 Å². The van der Waals surface area contributed by atoms with Gasteiger partial charge in [0.25, 0.3) is 0 Å². The van der Waals surface area contributed by atoms with Gasteiger partial charge in [0.15, 0.2) is 0 Å². The highest BCUT2D eigenvalue weighted by atomic mass is 16.2. The van der Waals surface area contributed by atoms with Crippen LogP contribution in [-0.4, -0.2) is 18.5 Å². The lowest BCUT2D eigenvalue weighted by Crippen LogP contribution is -2.43. The molecular formula is C14H28N2O. The molecule has 1 aliphatic rings. The lowest BCUT2D eigenvalue weighted by Gasteiger charge is -2.27. The van der Waals surface area contributed by atoms with E-state index < -0.39 is 0 Å². The maximum absolute atomic E-state index is 11.8. The van der Waals surface area contributed by atoms with Gasteiger partial charge >= 0.3 is 0 Å². The number of nitrogens with two attached hydrogens (primary N) is 1. The molecule has 0 spiro atoms. The van der Waals surface area contributed by atoms with E-state index in [1.54, 1.807) is 0 Å². The highest BCUT2D eigenvalue weighted by Gasteiger charge is 2.21. The molecule has 0 heterocycles. The standard InChI is InChI=1S/C14H28N2O/c1-10(2)7-13(15)14(17)16-9-12-6-4-5-11(3)8-12/h10-13H,4-9,15H2,1-3H3,(H,16,17)/t11?,12?,13-/m0/s1. The van der Waals surface area contributed by atoms with Crippen LogP contribution in [-0.2, 0) is 4.79 Å². The van der Waals surface area contributed by atoms with Crippen molar-refractivity contribution < 1.29 is 4.79 Å². The zero-order valence-electron chi connectivity index (χ0n) is 11.5. The zero-order valence-corrected chi connectivity index (χ0v) is 11.5. The van der Waals surface area contributed by atoms with Crippen LogP contribution in [0, 0.1) is 17.8 Å². The van der Waals surface area contributed by atoms with Gasteiger partial charge in [0, 0.05) is 6.54 Å². The van der Waals surface area contributed by atoms with Crippen molar-refractivity contribution in [1.82, 2.24) is 5.32 Å². The maximum atomic E-state index is 11.8. The molecule has 0 aliphatic heterocycles. The summed E-state index contributed by atoms with van der Waals surface area (Å²) in [5, 5.41) is 3.01. The van der Waals surface area contributed by atoms with Crippen molar-refractivity contribution in [3.05, 3.63) is 0 Å². The zero-order chi connectivity index (χ0) is 12.8. The number of hydrogen-bond donors (Lipinski definition) is 2. The van der Waals surface area contributed by atoms with Crippen LogP contribution in [0.15, 0.2) is 0 Å². The van der Waals surface area contributed by atoms with Gasteiger partial charge in [-0.2, -0.15) is 0 Å². The van der Waals surface area contributed by atoms with Crippen LogP contribution in [0.1, 0.15) is 52.9 Å². The molecule has 0 bridgehead atoms. The molecule has 1 fully saturated rings. The summed E-state index contributed by atoms with van der Waals surface area (Å²) in [6.07, 6.45) is 5.92. The smallest absolute Gasteiger partial charge is 0.236 e. The number of carbonyl (C=O) groups excluding carboxylic acids is 1. The first kappa shape index (κ1) is 14.5. The third-order valence-corrected chi connectivity index (χ3v) is 3.67. The molecule has 0 aromatic heterocycles. The number of amides is 1. The molecule has 0 saturated heterocycles. The predicted octanol–water partition coefficient (Wildman–Crippen LogP) is 2.30. The van der Waals surface area contributed by atoms with Gasteiger partial charge < -0.3 is 11.1 Å². The number of hydrogen-bond acceptors (Lipinski definition) is 2. The molecule has 0 radical (unpaired) electrons. The summed E-state index contributed by atoms with van der Waals surface area (Å²) in [7, 11) is 0. The van der Waals surface area contributed by atoms with E-state index in [-0.39, 0.29) is 11.9 Å². The van der Waals surface area contributed by atoms with Crippen molar-refractivity contribution in [2.24, 2.45) is 23.5 Å². The molecule has 3 atom stereocenters. The fourth-order valence-electron chi connectivity index (χ4n) is 2.74. The van der Waals surface area contributed by atoms with Crippen LogP contribution >= 0.6 is 0 Å². The van der Waals surface area contributed by atoms with Crippen molar-refractivity contribution in [2.45, 2.75) is 58.9 Å². The third kappa shape index (κ3) is 5.53. The largest absolute Gasteiger partial charge is 0.354 e. The van der Waals surface area contributed by atoms with Crippen LogP contribution in [0.4, 0.5) is 0 Å². The normalized spacial score (nSPS) is 26.9. The van der Waals surface area contributed by atoms with E-state index in [9.17, 15) is 4.79 Å². The highest BCUT2D eigenvalue weighted by molar-refractivity contribution is 5.81. The molecular weight excluding hydrogens is 212 g/mol. The third-order valence-electron chi connectivity index (χ3n) is 3.67. The Bertz CT molecular complexity index is 240. The summed E-state index contributed by atoms with van der Waals surface area (Å²) in [5.74, 6) is 1.98. The number of nitrogens with one attached hydrogen (secondary N) is 1. The van der Waals surface area contributed by atoms with Crippen molar-refractivity contribution in [3.8, 4) is 0 Å². The molecule has 1 aliphatic carbocycles. The predicted molar refractivity (Wildman–Crippen MR) is 71.6 cm³/mol. The second-order valence-electron chi connectivity index (χ2n) is 6.12. The summed E-state index contributed by atoms with van der Waals surface area (Å²) in [5.41, 5.74) is 5.85. The van der Waals surface area contributed by atoms with Crippen molar-refractivity contribution >= 4 is 5.91 Å². The Morgan fingerprint density at radius 2 is 2.12 bits per heavy atom. The summed E-state index contributed by atoms with van der Waals surface area (Å²) >= 11 is 0. The lowest BCUT2D eigenvalue weighted by atomic mass is 9.82. The molecule has 1 saturated carbocycles. The van der Waals surface area contributed by atoms with E-state index in [0.717, 1.165) is 18.9 Å². The maximum Gasteiger partial charge on any atom is 0.236 e. The van der Waals surface area contributed by atoms with Gasteiger partial charge in [-0.05, 0) is 37.0 Å². The molecule has 0 aromatic rings. The van der Waals surface area contributed by atoms with Gasteiger partial charge in [-0.15, -0.1) is 0 Å². The lowest BCUT2D eigenvalue weighted by molar-refractivity contribution is -0.122. The Morgan fingerprint density at radius 3 is 2.71 bits per heavy atom. The minimum atomic E-state index is -0.337. The van der Waals surface area contributed by atoms with E-state index in [2.05, 4.69) is 26.1 Å².